The smallest absolute Gasteiger partial charge is 0.276 e. The second-order valence-corrected chi connectivity index (χ2v) is 7.75. The molecule has 2 aromatic carbocycles. The van der Waals surface area contributed by atoms with Crippen LogP contribution in [0.3, 0.4) is 0 Å². The fourth-order valence-electron chi connectivity index (χ4n) is 4.28. The molecule has 1 saturated heterocycles. The fourth-order valence-corrected chi connectivity index (χ4v) is 4.28. The number of carbonyl (C=O) groups excluding carboxylic acids is 1. The summed E-state index contributed by atoms with van der Waals surface area (Å²) >= 11 is 0. The molecule has 3 aliphatic rings. The van der Waals surface area contributed by atoms with Crippen LogP contribution in [0.2, 0.25) is 0 Å². The van der Waals surface area contributed by atoms with Crippen molar-refractivity contribution in [1.29, 1.82) is 0 Å². The summed E-state index contributed by atoms with van der Waals surface area (Å²) in [5.74, 6) is -0.211. The van der Waals surface area contributed by atoms with E-state index in [1.807, 2.05) is 36.5 Å². The normalized spacial score (nSPS) is 21.4. The number of rotatable bonds is 4. The predicted octanol–water partition coefficient (Wildman–Crippen LogP) is 3.88. The van der Waals surface area contributed by atoms with Crippen LogP contribution >= 0.6 is 0 Å². The van der Waals surface area contributed by atoms with Gasteiger partial charge in [0.2, 0.25) is 0 Å². The van der Waals surface area contributed by atoms with E-state index >= 15 is 0 Å². The van der Waals surface area contributed by atoms with Crippen LogP contribution in [0.1, 0.15) is 24.0 Å². The highest BCUT2D eigenvalue weighted by Crippen LogP contribution is 2.35. The number of allylic oxidation sites excluding steroid dienone is 2. The van der Waals surface area contributed by atoms with Crippen LogP contribution in [-0.4, -0.2) is 49.0 Å². The molecule has 1 aliphatic carbocycles. The standard InChI is InChI=1S/C25H24N4O2/c30-25-23(21-8-4-5-9-22(21)27-25)28-26-17-20-11-10-19(16-18-6-2-1-3-7-18)24(20)29-12-14-31-15-13-29/h1-9,16-17H,10-15H2,(H,27,28,30)/b19-16-,26-17?. The average Bonchev–Trinajstić information content (AvgIpc) is 3.35. The molecule has 0 spiro atoms. The first-order valence-corrected chi connectivity index (χ1v) is 10.6. The van der Waals surface area contributed by atoms with Crippen molar-refractivity contribution in [1.82, 2.24) is 4.90 Å². The van der Waals surface area contributed by atoms with Crippen molar-refractivity contribution in [3.8, 4) is 0 Å². The zero-order valence-corrected chi connectivity index (χ0v) is 17.3. The summed E-state index contributed by atoms with van der Waals surface area (Å²) in [5, 5.41) is 11.4. The number of ether oxygens (including phenoxy) is 1. The molecule has 2 aromatic rings. The molecule has 1 fully saturated rings. The second-order valence-electron chi connectivity index (χ2n) is 7.75. The Bertz CT molecular complexity index is 1110. The minimum Gasteiger partial charge on any atom is -0.378 e. The molecule has 0 saturated carbocycles. The van der Waals surface area contributed by atoms with Gasteiger partial charge in [-0.25, -0.2) is 0 Å². The number of para-hydroxylation sites is 1. The Labute approximate surface area is 181 Å². The number of hydrogen-bond donors (Lipinski definition) is 1. The van der Waals surface area contributed by atoms with E-state index in [1.165, 1.54) is 16.8 Å². The monoisotopic (exact) mass is 412 g/mol. The number of nitrogens with zero attached hydrogens (tertiary/aromatic N) is 3. The Morgan fingerprint density at radius 1 is 0.968 bits per heavy atom. The molecule has 156 valence electrons. The quantitative estimate of drug-likeness (QED) is 0.612. The summed E-state index contributed by atoms with van der Waals surface area (Å²) in [4.78, 5) is 14.7. The van der Waals surface area contributed by atoms with Crippen LogP contribution in [0, 0.1) is 0 Å². The maximum absolute atomic E-state index is 12.3. The lowest BCUT2D eigenvalue weighted by molar-refractivity contribution is -0.110. The highest BCUT2D eigenvalue weighted by Gasteiger charge is 2.27. The number of benzene rings is 2. The first-order chi connectivity index (χ1) is 15.3. The summed E-state index contributed by atoms with van der Waals surface area (Å²) in [6, 6.07) is 17.9. The first kappa shape index (κ1) is 19.5. The molecule has 2 aliphatic heterocycles. The van der Waals surface area contributed by atoms with Gasteiger partial charge in [-0.1, -0.05) is 48.5 Å². The van der Waals surface area contributed by atoms with Gasteiger partial charge in [-0.3, -0.25) is 4.79 Å². The van der Waals surface area contributed by atoms with E-state index in [9.17, 15) is 4.79 Å². The van der Waals surface area contributed by atoms with Gasteiger partial charge in [0.1, 0.15) is 0 Å². The molecule has 5 rings (SSSR count). The summed E-state index contributed by atoms with van der Waals surface area (Å²) in [6.45, 7) is 3.18. The Morgan fingerprint density at radius 2 is 1.74 bits per heavy atom. The van der Waals surface area contributed by atoms with Crippen molar-refractivity contribution in [3.63, 3.8) is 0 Å². The van der Waals surface area contributed by atoms with Crippen molar-refractivity contribution < 1.29 is 9.53 Å². The molecule has 6 heteroatoms. The Kier molecular flexibility index (Phi) is 5.46. The topological polar surface area (TPSA) is 66.3 Å². The van der Waals surface area contributed by atoms with Gasteiger partial charge in [0, 0.05) is 24.4 Å². The van der Waals surface area contributed by atoms with Gasteiger partial charge in [0.25, 0.3) is 5.91 Å². The van der Waals surface area contributed by atoms with E-state index in [0.29, 0.717) is 5.71 Å². The number of nitrogens with one attached hydrogen (secondary N) is 1. The SMILES string of the molecule is O=C1Nc2ccccc2C1=NN=CC1=C(N2CCOCC2)/C(=C\c2ccccc2)CC1. The zero-order chi connectivity index (χ0) is 21.0. The van der Waals surface area contributed by atoms with E-state index in [-0.39, 0.29) is 5.91 Å². The minimum absolute atomic E-state index is 0.211. The van der Waals surface area contributed by atoms with Crippen molar-refractivity contribution in [2.75, 3.05) is 31.6 Å². The van der Waals surface area contributed by atoms with Crippen LogP contribution in [0.15, 0.2) is 81.6 Å². The molecule has 1 amide bonds. The molecule has 6 nitrogen and oxygen atoms in total. The maximum Gasteiger partial charge on any atom is 0.276 e. The van der Waals surface area contributed by atoms with E-state index in [4.69, 9.17) is 4.74 Å². The Balaban J connectivity index is 1.47. The summed E-state index contributed by atoms with van der Waals surface area (Å²) in [7, 11) is 0. The molecule has 2 heterocycles. The van der Waals surface area contributed by atoms with Crippen LogP contribution in [0.5, 0.6) is 0 Å². The molecule has 0 aromatic heterocycles. The first-order valence-electron chi connectivity index (χ1n) is 10.6. The number of anilines is 1. The van der Waals surface area contributed by atoms with Gasteiger partial charge < -0.3 is 15.0 Å². The lowest BCUT2D eigenvalue weighted by Gasteiger charge is -2.31. The molecule has 0 atom stereocenters. The highest BCUT2D eigenvalue weighted by atomic mass is 16.5. The molecule has 0 radical (unpaired) electrons. The third kappa shape index (κ3) is 4.07. The van der Waals surface area contributed by atoms with Gasteiger partial charge in [0.15, 0.2) is 5.71 Å². The Hall–Kier alpha value is -3.51. The number of amides is 1. The zero-order valence-electron chi connectivity index (χ0n) is 17.3. The van der Waals surface area contributed by atoms with Crippen molar-refractivity contribution in [3.05, 3.63) is 82.6 Å². The highest BCUT2D eigenvalue weighted by molar-refractivity contribution is 6.53. The van der Waals surface area contributed by atoms with E-state index in [1.54, 1.807) is 0 Å². The number of fused-ring (bicyclic) bond motifs is 1. The van der Waals surface area contributed by atoms with Gasteiger partial charge in [-0.15, -0.1) is 5.10 Å². The number of hydrogen-bond acceptors (Lipinski definition) is 5. The third-order valence-corrected chi connectivity index (χ3v) is 5.76. The molecule has 0 unspecified atom stereocenters. The van der Waals surface area contributed by atoms with Gasteiger partial charge >= 0.3 is 0 Å². The molecule has 1 N–H and O–H groups in total. The maximum atomic E-state index is 12.3. The fraction of sp³-hybridized carbons (Fsp3) is 0.240. The number of carbonyl (C=O) groups is 1. The molecular formula is C25H24N4O2. The Morgan fingerprint density at radius 3 is 2.58 bits per heavy atom. The molecule has 0 bridgehead atoms. The van der Waals surface area contributed by atoms with Crippen molar-refractivity contribution >= 4 is 29.6 Å². The van der Waals surface area contributed by atoms with Gasteiger partial charge in [0.05, 0.1) is 25.1 Å². The lowest BCUT2D eigenvalue weighted by Crippen LogP contribution is -2.36. The second kappa shape index (κ2) is 8.70. The molecule has 31 heavy (non-hydrogen) atoms. The van der Waals surface area contributed by atoms with Crippen LogP contribution in [-0.2, 0) is 9.53 Å². The lowest BCUT2D eigenvalue weighted by atomic mass is 10.1. The van der Waals surface area contributed by atoms with Crippen LogP contribution in [0.25, 0.3) is 6.08 Å². The van der Waals surface area contributed by atoms with Gasteiger partial charge in [-0.2, -0.15) is 5.10 Å². The molecular weight excluding hydrogens is 388 g/mol. The third-order valence-electron chi connectivity index (χ3n) is 5.76. The predicted molar refractivity (Wildman–Crippen MR) is 123 cm³/mol. The average molecular weight is 412 g/mol. The summed E-state index contributed by atoms with van der Waals surface area (Å²) < 4.78 is 5.56. The van der Waals surface area contributed by atoms with E-state index in [0.717, 1.165) is 56.0 Å². The largest absolute Gasteiger partial charge is 0.378 e. The van der Waals surface area contributed by atoms with Gasteiger partial charge in [-0.05, 0) is 41.7 Å². The minimum atomic E-state index is -0.211. The summed E-state index contributed by atoms with van der Waals surface area (Å²) in [5.41, 5.74) is 6.82. The summed E-state index contributed by atoms with van der Waals surface area (Å²) in [6.07, 6.45) is 5.95. The van der Waals surface area contributed by atoms with Crippen LogP contribution in [0.4, 0.5) is 5.69 Å². The van der Waals surface area contributed by atoms with Crippen LogP contribution < -0.4 is 5.32 Å². The van der Waals surface area contributed by atoms with Crippen molar-refractivity contribution in [2.24, 2.45) is 10.2 Å². The van der Waals surface area contributed by atoms with E-state index in [2.05, 4.69) is 50.8 Å². The number of morpholine rings is 1. The van der Waals surface area contributed by atoms with Crippen molar-refractivity contribution in [2.45, 2.75) is 12.8 Å². The van der Waals surface area contributed by atoms with E-state index < -0.39 is 0 Å².